The molecule has 2 N–H and O–H groups in total. The van der Waals surface area contributed by atoms with E-state index in [-0.39, 0.29) is 41.0 Å². The van der Waals surface area contributed by atoms with Crippen molar-refractivity contribution in [3.8, 4) is 17.2 Å². The molecule has 1 aliphatic heterocycles. The number of hydrogen-bond acceptors (Lipinski definition) is 6. The van der Waals surface area contributed by atoms with E-state index in [1.54, 1.807) is 6.92 Å². The standard InChI is InChI=1S/C12H13ClO6/c1-2-17-12(16)10(15)8-9(13)6(14)5-7-11(8)19-4-3-18-7/h5,10,14-15H,2-4H2,1H3. The maximum Gasteiger partial charge on any atom is 0.339 e. The summed E-state index contributed by atoms with van der Waals surface area (Å²) in [6.07, 6.45) is -1.64. The summed E-state index contributed by atoms with van der Waals surface area (Å²) in [4.78, 5) is 11.6. The molecule has 1 heterocycles. The van der Waals surface area contributed by atoms with Gasteiger partial charge in [0.15, 0.2) is 17.6 Å². The molecule has 1 aromatic carbocycles. The van der Waals surface area contributed by atoms with Crippen LogP contribution >= 0.6 is 11.6 Å². The molecule has 0 aliphatic carbocycles. The fraction of sp³-hybridized carbons (Fsp3) is 0.417. The molecule has 0 fully saturated rings. The van der Waals surface area contributed by atoms with Crippen molar-refractivity contribution in [3.63, 3.8) is 0 Å². The lowest BCUT2D eigenvalue weighted by atomic mass is 10.1. The number of phenolic OH excluding ortho intramolecular Hbond substituents is 1. The van der Waals surface area contributed by atoms with Gasteiger partial charge in [-0.2, -0.15) is 0 Å². The minimum atomic E-state index is -1.64. The van der Waals surface area contributed by atoms with Gasteiger partial charge in [-0.3, -0.25) is 0 Å². The van der Waals surface area contributed by atoms with Crippen LogP contribution in [0.25, 0.3) is 0 Å². The third-order valence-corrected chi connectivity index (χ3v) is 2.97. The maximum atomic E-state index is 11.6. The van der Waals surface area contributed by atoms with E-state index in [0.29, 0.717) is 6.61 Å². The number of aromatic hydroxyl groups is 1. The van der Waals surface area contributed by atoms with E-state index in [2.05, 4.69) is 0 Å². The van der Waals surface area contributed by atoms with Gasteiger partial charge in [0.2, 0.25) is 0 Å². The van der Waals surface area contributed by atoms with Crippen molar-refractivity contribution in [3.05, 3.63) is 16.7 Å². The number of carbonyl (C=O) groups excluding carboxylic acids is 1. The first-order valence-corrected chi connectivity index (χ1v) is 6.09. The highest BCUT2D eigenvalue weighted by Gasteiger charge is 2.31. The van der Waals surface area contributed by atoms with Gasteiger partial charge in [0.25, 0.3) is 0 Å². The molecule has 7 heteroatoms. The zero-order valence-corrected chi connectivity index (χ0v) is 10.9. The Kier molecular flexibility index (Phi) is 4.01. The summed E-state index contributed by atoms with van der Waals surface area (Å²) in [6, 6.07) is 1.28. The Bertz CT molecular complexity index is 501. The van der Waals surface area contributed by atoms with E-state index in [0.717, 1.165) is 0 Å². The van der Waals surface area contributed by atoms with Gasteiger partial charge in [0, 0.05) is 6.07 Å². The highest BCUT2D eigenvalue weighted by atomic mass is 35.5. The molecule has 19 heavy (non-hydrogen) atoms. The van der Waals surface area contributed by atoms with Crippen LogP contribution < -0.4 is 9.47 Å². The molecule has 0 saturated heterocycles. The Labute approximate surface area is 114 Å². The third kappa shape index (κ3) is 2.54. The number of aliphatic hydroxyl groups is 1. The summed E-state index contributed by atoms with van der Waals surface area (Å²) in [5, 5.41) is 19.5. The average molecular weight is 289 g/mol. The number of esters is 1. The Morgan fingerprint density at radius 3 is 2.89 bits per heavy atom. The summed E-state index contributed by atoms with van der Waals surface area (Å²) in [5.74, 6) is -0.795. The molecule has 0 bridgehead atoms. The molecule has 1 atom stereocenters. The largest absolute Gasteiger partial charge is 0.506 e. The van der Waals surface area contributed by atoms with Crippen LogP contribution in [-0.2, 0) is 9.53 Å². The van der Waals surface area contributed by atoms with Gasteiger partial charge in [-0.15, -0.1) is 0 Å². The first-order chi connectivity index (χ1) is 9.06. The normalized spacial score (nSPS) is 14.9. The first kappa shape index (κ1) is 13.8. The number of halogens is 1. The molecule has 0 radical (unpaired) electrons. The minimum absolute atomic E-state index is 0.0465. The topological polar surface area (TPSA) is 85.2 Å². The quantitative estimate of drug-likeness (QED) is 0.818. The number of benzene rings is 1. The Morgan fingerprint density at radius 1 is 1.53 bits per heavy atom. The van der Waals surface area contributed by atoms with E-state index >= 15 is 0 Å². The number of aliphatic hydroxyl groups excluding tert-OH is 1. The fourth-order valence-electron chi connectivity index (χ4n) is 1.76. The molecular weight excluding hydrogens is 276 g/mol. The van der Waals surface area contributed by atoms with Crippen molar-refractivity contribution >= 4 is 17.6 Å². The van der Waals surface area contributed by atoms with Crippen LogP contribution in [0.15, 0.2) is 6.07 Å². The minimum Gasteiger partial charge on any atom is -0.506 e. The number of rotatable bonds is 3. The van der Waals surface area contributed by atoms with Crippen molar-refractivity contribution < 1.29 is 29.2 Å². The fourth-order valence-corrected chi connectivity index (χ4v) is 2.00. The molecule has 1 aliphatic rings. The number of ether oxygens (including phenoxy) is 3. The molecule has 0 amide bonds. The number of hydrogen-bond donors (Lipinski definition) is 2. The number of phenols is 1. The average Bonchev–Trinajstić information content (AvgIpc) is 2.40. The SMILES string of the molecule is CCOC(=O)C(O)c1c(Cl)c(O)cc2c1OCCO2. The maximum absolute atomic E-state index is 11.6. The highest BCUT2D eigenvalue weighted by molar-refractivity contribution is 6.33. The monoisotopic (exact) mass is 288 g/mol. The summed E-state index contributed by atoms with van der Waals surface area (Å²) >= 11 is 5.92. The number of fused-ring (bicyclic) bond motifs is 1. The second-order valence-electron chi connectivity index (χ2n) is 3.80. The van der Waals surface area contributed by atoms with Gasteiger partial charge in [-0.25, -0.2) is 4.79 Å². The lowest BCUT2D eigenvalue weighted by molar-refractivity contribution is -0.153. The van der Waals surface area contributed by atoms with Crippen LogP contribution in [0.5, 0.6) is 17.2 Å². The molecule has 104 valence electrons. The van der Waals surface area contributed by atoms with Crippen molar-refractivity contribution in [2.75, 3.05) is 19.8 Å². The van der Waals surface area contributed by atoms with Crippen LogP contribution in [0, 0.1) is 0 Å². The van der Waals surface area contributed by atoms with Crippen molar-refractivity contribution in [2.24, 2.45) is 0 Å². The smallest absolute Gasteiger partial charge is 0.339 e. The molecule has 1 unspecified atom stereocenters. The van der Waals surface area contributed by atoms with Crippen molar-refractivity contribution in [1.29, 1.82) is 0 Å². The molecule has 6 nitrogen and oxygen atoms in total. The zero-order valence-electron chi connectivity index (χ0n) is 10.2. The van der Waals surface area contributed by atoms with E-state index in [4.69, 9.17) is 25.8 Å². The molecule has 1 aromatic rings. The Balaban J connectivity index is 2.48. The molecule has 2 rings (SSSR count). The second kappa shape index (κ2) is 5.54. The van der Waals surface area contributed by atoms with Crippen LogP contribution in [-0.4, -0.2) is 36.0 Å². The predicted molar refractivity (Wildman–Crippen MR) is 65.7 cm³/mol. The van der Waals surface area contributed by atoms with Gasteiger partial charge in [0.1, 0.15) is 19.0 Å². The second-order valence-corrected chi connectivity index (χ2v) is 4.18. The molecule has 0 aromatic heterocycles. The van der Waals surface area contributed by atoms with Crippen LogP contribution in [0.2, 0.25) is 5.02 Å². The van der Waals surface area contributed by atoms with Crippen LogP contribution in [0.4, 0.5) is 0 Å². The summed E-state index contributed by atoms with van der Waals surface area (Å²) in [5.41, 5.74) is -0.0465. The van der Waals surface area contributed by atoms with E-state index in [1.807, 2.05) is 0 Å². The Hall–Kier alpha value is -1.66. The van der Waals surface area contributed by atoms with Crippen molar-refractivity contribution in [2.45, 2.75) is 13.0 Å². The summed E-state index contributed by atoms with van der Waals surface area (Å²) < 4.78 is 15.4. The molecule has 0 spiro atoms. The molecular formula is C12H13ClO6. The third-order valence-electron chi connectivity index (χ3n) is 2.57. The van der Waals surface area contributed by atoms with Crippen LogP contribution in [0.3, 0.4) is 0 Å². The van der Waals surface area contributed by atoms with E-state index in [1.165, 1.54) is 6.07 Å². The van der Waals surface area contributed by atoms with Gasteiger partial charge in [-0.1, -0.05) is 11.6 Å². The van der Waals surface area contributed by atoms with E-state index < -0.39 is 12.1 Å². The predicted octanol–water partition coefficient (Wildman–Crippen LogP) is 1.41. The van der Waals surface area contributed by atoms with E-state index in [9.17, 15) is 15.0 Å². The Morgan fingerprint density at radius 2 is 2.21 bits per heavy atom. The van der Waals surface area contributed by atoms with Gasteiger partial charge >= 0.3 is 5.97 Å². The lowest BCUT2D eigenvalue weighted by Crippen LogP contribution is -2.21. The van der Waals surface area contributed by atoms with Crippen molar-refractivity contribution in [1.82, 2.24) is 0 Å². The summed E-state index contributed by atoms with van der Waals surface area (Å²) in [6.45, 7) is 2.30. The molecule has 0 saturated carbocycles. The van der Waals surface area contributed by atoms with Gasteiger partial charge in [-0.05, 0) is 6.92 Å². The van der Waals surface area contributed by atoms with Gasteiger partial charge in [0.05, 0.1) is 17.2 Å². The summed E-state index contributed by atoms with van der Waals surface area (Å²) in [7, 11) is 0. The first-order valence-electron chi connectivity index (χ1n) is 5.72. The van der Waals surface area contributed by atoms with Gasteiger partial charge < -0.3 is 24.4 Å². The highest BCUT2D eigenvalue weighted by Crippen LogP contribution is 2.46. The lowest BCUT2D eigenvalue weighted by Gasteiger charge is -2.24. The van der Waals surface area contributed by atoms with Crippen LogP contribution in [0.1, 0.15) is 18.6 Å². The zero-order chi connectivity index (χ0) is 14.0. The number of carbonyl (C=O) groups is 1.